The van der Waals surface area contributed by atoms with Crippen LogP contribution in [-0.4, -0.2) is 35.4 Å². The molecule has 1 aromatic rings. The molecule has 0 spiro atoms. The Morgan fingerprint density at radius 3 is 2.48 bits per heavy atom. The molecule has 0 radical (unpaired) electrons. The molecule has 1 aliphatic rings. The fraction of sp³-hybridized carbons (Fsp3) is 0.588. The Bertz CT molecular complexity index is 472. The van der Waals surface area contributed by atoms with E-state index in [0.717, 1.165) is 18.7 Å². The van der Waals surface area contributed by atoms with Gasteiger partial charge in [-0.05, 0) is 29.7 Å². The molecule has 2 atom stereocenters. The number of carbonyl (C=O) groups is 1. The van der Waals surface area contributed by atoms with E-state index in [2.05, 4.69) is 56.6 Å². The van der Waals surface area contributed by atoms with Crippen molar-refractivity contribution in [3.63, 3.8) is 0 Å². The lowest BCUT2D eigenvalue weighted by atomic mass is 10.0. The smallest absolute Gasteiger partial charge is 0.241 e. The largest absolute Gasteiger partial charge is 0.321 e. The Morgan fingerprint density at radius 2 is 1.95 bits per heavy atom. The van der Waals surface area contributed by atoms with E-state index in [1.54, 1.807) is 11.8 Å². The van der Waals surface area contributed by atoms with Crippen molar-refractivity contribution < 1.29 is 4.79 Å². The van der Waals surface area contributed by atoms with Gasteiger partial charge in [0.25, 0.3) is 0 Å². The molecule has 1 heterocycles. The Balaban J connectivity index is 2.20. The van der Waals surface area contributed by atoms with Crippen LogP contribution in [0.5, 0.6) is 0 Å². The number of amides is 1. The minimum atomic E-state index is -0.0402. The van der Waals surface area contributed by atoms with E-state index < -0.39 is 0 Å². The molecule has 1 N–H and O–H groups in total. The zero-order chi connectivity index (χ0) is 15.4. The highest BCUT2D eigenvalue weighted by Crippen LogP contribution is 2.27. The molecule has 0 saturated carbocycles. The Morgan fingerprint density at radius 1 is 1.29 bits per heavy atom. The van der Waals surface area contributed by atoms with Crippen LogP contribution in [0, 0.1) is 0 Å². The second-order valence-corrected chi connectivity index (χ2v) is 6.86. The van der Waals surface area contributed by atoms with Gasteiger partial charge in [-0.25, -0.2) is 0 Å². The molecule has 1 saturated heterocycles. The number of thioether (sulfide) groups is 1. The second-order valence-electron chi connectivity index (χ2n) is 5.88. The summed E-state index contributed by atoms with van der Waals surface area (Å²) in [5.74, 6) is 1.75. The first-order chi connectivity index (χ1) is 10.1. The number of benzene rings is 1. The molecule has 3 nitrogen and oxygen atoms in total. The minimum absolute atomic E-state index is 0.0239. The summed E-state index contributed by atoms with van der Waals surface area (Å²) < 4.78 is 0. The van der Waals surface area contributed by atoms with E-state index in [4.69, 9.17) is 0 Å². The lowest BCUT2D eigenvalue weighted by Crippen LogP contribution is -2.32. The molecule has 1 fully saturated rings. The summed E-state index contributed by atoms with van der Waals surface area (Å²) in [6.45, 7) is 7.27. The van der Waals surface area contributed by atoms with E-state index in [1.807, 2.05) is 4.90 Å². The van der Waals surface area contributed by atoms with Crippen LogP contribution < -0.4 is 5.32 Å². The van der Waals surface area contributed by atoms with Crippen molar-refractivity contribution in [2.45, 2.75) is 45.3 Å². The lowest BCUT2D eigenvalue weighted by Gasteiger charge is -2.24. The zero-order valence-corrected chi connectivity index (χ0v) is 14.2. The molecule has 21 heavy (non-hydrogen) atoms. The quantitative estimate of drug-likeness (QED) is 0.874. The highest BCUT2D eigenvalue weighted by Gasteiger charge is 2.37. The Labute approximate surface area is 132 Å². The fourth-order valence-electron chi connectivity index (χ4n) is 2.74. The second kappa shape index (κ2) is 7.32. The van der Waals surface area contributed by atoms with Gasteiger partial charge in [-0.3, -0.25) is 10.1 Å². The average molecular weight is 306 g/mol. The van der Waals surface area contributed by atoms with Crippen LogP contribution >= 0.6 is 11.8 Å². The summed E-state index contributed by atoms with van der Waals surface area (Å²) in [7, 11) is 0. The van der Waals surface area contributed by atoms with Gasteiger partial charge in [0.2, 0.25) is 5.91 Å². The molecular weight excluding hydrogens is 280 g/mol. The molecule has 1 amide bonds. The summed E-state index contributed by atoms with van der Waals surface area (Å²) >= 11 is 1.78. The monoisotopic (exact) mass is 306 g/mol. The summed E-state index contributed by atoms with van der Waals surface area (Å²) in [5.41, 5.74) is 2.52. The first-order valence-corrected chi connectivity index (χ1v) is 9.13. The van der Waals surface area contributed by atoms with E-state index in [9.17, 15) is 4.79 Å². The van der Waals surface area contributed by atoms with E-state index in [0.29, 0.717) is 5.92 Å². The van der Waals surface area contributed by atoms with Crippen LogP contribution in [0.3, 0.4) is 0 Å². The molecule has 116 valence electrons. The first-order valence-electron chi connectivity index (χ1n) is 7.73. The standard InChI is InChI=1S/C17H26N2OS/c1-5-15-17(20)19(10-11-21-4)16(18-15)14-8-6-13(7-9-14)12(2)3/h6-9,12,15-16,18H,5,10-11H2,1-4H3. The van der Waals surface area contributed by atoms with Crippen molar-refractivity contribution in [2.75, 3.05) is 18.6 Å². The van der Waals surface area contributed by atoms with Gasteiger partial charge in [-0.15, -0.1) is 0 Å². The normalized spacial score (nSPS) is 22.3. The topological polar surface area (TPSA) is 32.3 Å². The van der Waals surface area contributed by atoms with Gasteiger partial charge in [-0.2, -0.15) is 11.8 Å². The lowest BCUT2D eigenvalue weighted by molar-refractivity contribution is -0.129. The van der Waals surface area contributed by atoms with E-state index in [1.165, 1.54) is 11.1 Å². The molecule has 4 heteroatoms. The van der Waals surface area contributed by atoms with Gasteiger partial charge in [0, 0.05) is 12.3 Å². The van der Waals surface area contributed by atoms with Crippen LogP contribution in [0.2, 0.25) is 0 Å². The average Bonchev–Trinajstić information content (AvgIpc) is 2.81. The summed E-state index contributed by atoms with van der Waals surface area (Å²) in [6, 6.07) is 8.63. The SMILES string of the molecule is CCC1NC(c2ccc(C(C)C)cc2)N(CCSC)C1=O. The highest BCUT2D eigenvalue weighted by molar-refractivity contribution is 7.98. The molecule has 2 unspecified atom stereocenters. The predicted octanol–water partition coefficient (Wildman–Crippen LogP) is 3.38. The highest BCUT2D eigenvalue weighted by atomic mass is 32.2. The van der Waals surface area contributed by atoms with Gasteiger partial charge < -0.3 is 4.90 Å². The van der Waals surface area contributed by atoms with Crippen LogP contribution in [-0.2, 0) is 4.79 Å². The van der Waals surface area contributed by atoms with Crippen molar-refractivity contribution in [2.24, 2.45) is 0 Å². The van der Waals surface area contributed by atoms with Crippen LogP contribution in [0.25, 0.3) is 0 Å². The number of nitrogens with one attached hydrogen (secondary N) is 1. The molecule has 2 rings (SSSR count). The third-order valence-electron chi connectivity index (χ3n) is 4.12. The zero-order valence-electron chi connectivity index (χ0n) is 13.4. The number of rotatable bonds is 6. The number of hydrogen-bond donors (Lipinski definition) is 1. The number of hydrogen-bond acceptors (Lipinski definition) is 3. The molecule has 1 aromatic carbocycles. The fourth-order valence-corrected chi connectivity index (χ4v) is 3.12. The van der Waals surface area contributed by atoms with E-state index >= 15 is 0 Å². The number of nitrogens with zero attached hydrogens (tertiary/aromatic N) is 1. The van der Waals surface area contributed by atoms with Crippen LogP contribution in [0.15, 0.2) is 24.3 Å². The van der Waals surface area contributed by atoms with Gasteiger partial charge in [-0.1, -0.05) is 45.0 Å². The molecule has 0 aromatic heterocycles. The third kappa shape index (κ3) is 3.61. The summed E-state index contributed by atoms with van der Waals surface area (Å²) in [4.78, 5) is 14.5. The maximum atomic E-state index is 12.5. The Hall–Kier alpha value is -1.00. The minimum Gasteiger partial charge on any atom is -0.321 e. The first kappa shape index (κ1) is 16.4. The Kier molecular flexibility index (Phi) is 5.71. The van der Waals surface area contributed by atoms with Crippen molar-refractivity contribution in [3.05, 3.63) is 35.4 Å². The number of carbonyl (C=O) groups excluding carboxylic acids is 1. The molecule has 1 aliphatic heterocycles. The molecule has 0 bridgehead atoms. The van der Waals surface area contributed by atoms with Crippen molar-refractivity contribution in [1.82, 2.24) is 10.2 Å². The summed E-state index contributed by atoms with van der Waals surface area (Å²) in [6.07, 6.45) is 2.95. The van der Waals surface area contributed by atoms with Gasteiger partial charge in [0.05, 0.1) is 6.04 Å². The van der Waals surface area contributed by atoms with Gasteiger partial charge >= 0.3 is 0 Å². The maximum Gasteiger partial charge on any atom is 0.241 e. The van der Waals surface area contributed by atoms with Crippen molar-refractivity contribution in [1.29, 1.82) is 0 Å². The van der Waals surface area contributed by atoms with Gasteiger partial charge in [0.1, 0.15) is 6.17 Å². The van der Waals surface area contributed by atoms with Crippen molar-refractivity contribution >= 4 is 17.7 Å². The van der Waals surface area contributed by atoms with Crippen molar-refractivity contribution in [3.8, 4) is 0 Å². The summed E-state index contributed by atoms with van der Waals surface area (Å²) in [5, 5.41) is 3.48. The van der Waals surface area contributed by atoms with Gasteiger partial charge in [0.15, 0.2) is 0 Å². The third-order valence-corrected chi connectivity index (χ3v) is 4.71. The molecular formula is C17H26N2OS. The molecule has 0 aliphatic carbocycles. The van der Waals surface area contributed by atoms with Crippen LogP contribution in [0.1, 0.15) is 50.4 Å². The van der Waals surface area contributed by atoms with E-state index in [-0.39, 0.29) is 18.1 Å². The predicted molar refractivity (Wildman–Crippen MR) is 90.6 cm³/mol. The maximum absolute atomic E-state index is 12.5. The van der Waals surface area contributed by atoms with Crippen LogP contribution in [0.4, 0.5) is 0 Å².